The van der Waals surface area contributed by atoms with Crippen molar-refractivity contribution in [1.29, 1.82) is 0 Å². The number of benzene rings is 1. The van der Waals surface area contributed by atoms with E-state index in [9.17, 15) is 9.59 Å². The van der Waals surface area contributed by atoms with Crippen LogP contribution in [0.1, 0.15) is 10.4 Å². The molecule has 1 aliphatic heterocycles. The summed E-state index contributed by atoms with van der Waals surface area (Å²) in [6.07, 6.45) is 0. The Labute approximate surface area is 123 Å². The number of hydrogen-bond donors (Lipinski definition) is 4. The highest BCUT2D eigenvalue weighted by atomic mass is 16.4. The number of anilines is 1. The molecular formula is C14H20N4O3. The number of urea groups is 1. The van der Waals surface area contributed by atoms with Gasteiger partial charge in [0.15, 0.2) is 0 Å². The molecule has 1 fully saturated rings. The molecule has 1 aromatic carbocycles. The smallest absolute Gasteiger partial charge is 0.335 e. The first-order valence-electron chi connectivity index (χ1n) is 6.96. The summed E-state index contributed by atoms with van der Waals surface area (Å²) in [7, 11) is 0. The number of carbonyl (C=O) groups excluding carboxylic acids is 1. The highest BCUT2D eigenvalue weighted by molar-refractivity contribution is 5.91. The number of rotatable bonds is 5. The predicted octanol–water partition coefficient (Wildman–Crippen LogP) is 0.412. The van der Waals surface area contributed by atoms with Crippen LogP contribution >= 0.6 is 0 Å². The molecule has 1 aromatic rings. The average molecular weight is 292 g/mol. The van der Waals surface area contributed by atoms with E-state index in [1.54, 1.807) is 12.1 Å². The van der Waals surface area contributed by atoms with E-state index in [-0.39, 0.29) is 11.6 Å². The molecule has 4 N–H and O–H groups in total. The lowest BCUT2D eigenvalue weighted by Crippen LogP contribution is -2.46. The van der Waals surface area contributed by atoms with Crippen molar-refractivity contribution in [3.05, 3.63) is 29.8 Å². The molecule has 114 valence electrons. The van der Waals surface area contributed by atoms with Gasteiger partial charge in [-0.15, -0.1) is 0 Å². The summed E-state index contributed by atoms with van der Waals surface area (Å²) in [6.45, 7) is 5.39. The molecule has 0 unspecified atom stereocenters. The monoisotopic (exact) mass is 292 g/mol. The van der Waals surface area contributed by atoms with Crippen LogP contribution in [0.25, 0.3) is 0 Å². The van der Waals surface area contributed by atoms with Crippen LogP contribution in [-0.2, 0) is 0 Å². The van der Waals surface area contributed by atoms with Crippen molar-refractivity contribution in [2.75, 3.05) is 44.6 Å². The molecule has 2 amide bonds. The van der Waals surface area contributed by atoms with Gasteiger partial charge in [0.1, 0.15) is 0 Å². The van der Waals surface area contributed by atoms with Crippen LogP contribution in [0.15, 0.2) is 24.3 Å². The summed E-state index contributed by atoms with van der Waals surface area (Å²) in [4.78, 5) is 24.7. The van der Waals surface area contributed by atoms with E-state index in [1.807, 2.05) is 0 Å². The van der Waals surface area contributed by atoms with Gasteiger partial charge in [0.2, 0.25) is 0 Å². The Morgan fingerprint density at radius 3 is 2.48 bits per heavy atom. The van der Waals surface area contributed by atoms with E-state index in [0.717, 1.165) is 32.7 Å². The van der Waals surface area contributed by atoms with Gasteiger partial charge in [-0.2, -0.15) is 0 Å². The first-order valence-corrected chi connectivity index (χ1v) is 6.96. The fourth-order valence-electron chi connectivity index (χ4n) is 2.13. The van der Waals surface area contributed by atoms with Gasteiger partial charge in [-0.05, 0) is 24.3 Å². The Kier molecular flexibility index (Phi) is 5.53. The van der Waals surface area contributed by atoms with E-state index in [1.165, 1.54) is 12.1 Å². The summed E-state index contributed by atoms with van der Waals surface area (Å²) < 4.78 is 0. The van der Waals surface area contributed by atoms with Crippen molar-refractivity contribution in [3.8, 4) is 0 Å². The highest BCUT2D eigenvalue weighted by Crippen LogP contribution is 2.09. The first-order chi connectivity index (χ1) is 10.1. The van der Waals surface area contributed by atoms with Crippen molar-refractivity contribution in [1.82, 2.24) is 15.5 Å². The number of hydrogen-bond acceptors (Lipinski definition) is 4. The summed E-state index contributed by atoms with van der Waals surface area (Å²) in [5, 5.41) is 17.5. The van der Waals surface area contributed by atoms with Crippen LogP contribution < -0.4 is 16.0 Å². The topological polar surface area (TPSA) is 93.7 Å². The van der Waals surface area contributed by atoms with Gasteiger partial charge in [-0.1, -0.05) is 0 Å². The average Bonchev–Trinajstić information content (AvgIpc) is 2.49. The Bertz CT molecular complexity index is 483. The zero-order chi connectivity index (χ0) is 15.1. The largest absolute Gasteiger partial charge is 0.478 e. The summed E-state index contributed by atoms with van der Waals surface area (Å²) in [5.41, 5.74) is 0.763. The number of carboxylic acid groups (broad SMARTS) is 1. The number of carboxylic acids is 1. The minimum absolute atomic E-state index is 0.194. The molecule has 0 aliphatic carbocycles. The zero-order valence-electron chi connectivity index (χ0n) is 11.8. The lowest BCUT2D eigenvalue weighted by atomic mass is 10.2. The third-order valence-corrected chi connectivity index (χ3v) is 3.31. The predicted molar refractivity (Wildman–Crippen MR) is 79.7 cm³/mol. The van der Waals surface area contributed by atoms with E-state index in [0.29, 0.717) is 12.2 Å². The first kappa shape index (κ1) is 15.3. The van der Waals surface area contributed by atoms with Gasteiger partial charge >= 0.3 is 12.0 Å². The summed E-state index contributed by atoms with van der Waals surface area (Å²) >= 11 is 0. The molecule has 0 saturated carbocycles. The molecule has 7 nitrogen and oxygen atoms in total. The van der Waals surface area contributed by atoms with E-state index in [2.05, 4.69) is 20.9 Å². The molecular weight excluding hydrogens is 272 g/mol. The van der Waals surface area contributed by atoms with Crippen molar-refractivity contribution < 1.29 is 14.7 Å². The second kappa shape index (κ2) is 7.61. The minimum Gasteiger partial charge on any atom is -0.478 e. The molecule has 0 aromatic heterocycles. The Balaban J connectivity index is 1.70. The van der Waals surface area contributed by atoms with Crippen LogP contribution in [0.2, 0.25) is 0 Å². The number of carbonyl (C=O) groups is 2. The van der Waals surface area contributed by atoms with E-state index < -0.39 is 5.97 Å². The SMILES string of the molecule is O=C(NCCN1CCNCC1)Nc1ccc(C(=O)O)cc1. The van der Waals surface area contributed by atoms with Crippen LogP contribution in [0.3, 0.4) is 0 Å². The lowest BCUT2D eigenvalue weighted by molar-refractivity contribution is 0.0697. The maximum Gasteiger partial charge on any atom is 0.335 e. The molecule has 2 rings (SSSR count). The van der Waals surface area contributed by atoms with Crippen molar-refractivity contribution >= 4 is 17.7 Å². The maximum absolute atomic E-state index is 11.7. The molecule has 1 saturated heterocycles. The van der Waals surface area contributed by atoms with Crippen molar-refractivity contribution in [2.24, 2.45) is 0 Å². The molecule has 0 spiro atoms. The molecule has 1 heterocycles. The van der Waals surface area contributed by atoms with Gasteiger partial charge in [0.05, 0.1) is 5.56 Å². The second-order valence-corrected chi connectivity index (χ2v) is 4.86. The lowest BCUT2D eigenvalue weighted by Gasteiger charge is -2.27. The standard InChI is InChI=1S/C14H20N4O3/c19-13(20)11-1-3-12(4-2-11)17-14(21)16-7-10-18-8-5-15-6-9-18/h1-4,15H,5-10H2,(H,19,20)(H2,16,17,21). The highest BCUT2D eigenvalue weighted by Gasteiger charge is 2.09. The van der Waals surface area contributed by atoms with E-state index in [4.69, 9.17) is 5.11 Å². The van der Waals surface area contributed by atoms with Crippen molar-refractivity contribution in [3.63, 3.8) is 0 Å². The zero-order valence-corrected chi connectivity index (χ0v) is 11.8. The fraction of sp³-hybridized carbons (Fsp3) is 0.429. The van der Waals surface area contributed by atoms with Gasteiger partial charge in [-0.3, -0.25) is 4.90 Å². The van der Waals surface area contributed by atoms with Gasteiger partial charge < -0.3 is 21.1 Å². The van der Waals surface area contributed by atoms with Gasteiger partial charge in [0.25, 0.3) is 0 Å². The van der Waals surface area contributed by atoms with Gasteiger partial charge in [0, 0.05) is 45.0 Å². The fourth-order valence-corrected chi connectivity index (χ4v) is 2.13. The normalized spacial score (nSPS) is 15.4. The molecule has 0 atom stereocenters. The number of nitrogens with one attached hydrogen (secondary N) is 3. The maximum atomic E-state index is 11.7. The van der Waals surface area contributed by atoms with Crippen LogP contribution in [0.4, 0.5) is 10.5 Å². The Morgan fingerprint density at radius 1 is 1.19 bits per heavy atom. The third-order valence-electron chi connectivity index (χ3n) is 3.31. The Hall–Kier alpha value is -2.12. The van der Waals surface area contributed by atoms with Gasteiger partial charge in [-0.25, -0.2) is 9.59 Å². The molecule has 7 heteroatoms. The summed E-state index contributed by atoms with van der Waals surface area (Å²) in [6, 6.07) is 5.77. The molecule has 21 heavy (non-hydrogen) atoms. The molecule has 1 aliphatic rings. The number of nitrogens with zero attached hydrogens (tertiary/aromatic N) is 1. The third kappa shape index (κ3) is 5.05. The minimum atomic E-state index is -0.984. The quantitative estimate of drug-likeness (QED) is 0.631. The number of aromatic carboxylic acids is 1. The summed E-state index contributed by atoms with van der Waals surface area (Å²) in [5.74, 6) is -0.984. The van der Waals surface area contributed by atoms with Crippen LogP contribution in [-0.4, -0.2) is 61.3 Å². The Morgan fingerprint density at radius 2 is 1.86 bits per heavy atom. The van der Waals surface area contributed by atoms with Crippen molar-refractivity contribution in [2.45, 2.75) is 0 Å². The number of piperazine rings is 1. The van der Waals surface area contributed by atoms with Crippen LogP contribution in [0.5, 0.6) is 0 Å². The second-order valence-electron chi connectivity index (χ2n) is 4.86. The van der Waals surface area contributed by atoms with Crippen LogP contribution in [0, 0.1) is 0 Å². The van der Waals surface area contributed by atoms with E-state index >= 15 is 0 Å². The molecule has 0 radical (unpaired) electrons. The molecule has 0 bridgehead atoms. The number of amides is 2.